The van der Waals surface area contributed by atoms with Gasteiger partial charge in [0.05, 0.1) is 17.3 Å². The van der Waals surface area contributed by atoms with E-state index in [0.29, 0.717) is 12.2 Å². The van der Waals surface area contributed by atoms with Crippen molar-refractivity contribution in [3.05, 3.63) is 75.3 Å². The van der Waals surface area contributed by atoms with E-state index in [-0.39, 0.29) is 11.6 Å². The average Bonchev–Trinajstić information content (AvgIpc) is 3.06. The van der Waals surface area contributed by atoms with Crippen molar-refractivity contribution >= 4 is 27.2 Å². The lowest BCUT2D eigenvalue weighted by Crippen LogP contribution is -3.07. The topological polar surface area (TPSA) is 51.7 Å². The van der Waals surface area contributed by atoms with E-state index >= 15 is 0 Å². The number of hydrogen-bond donors (Lipinski definition) is 1. The second kappa shape index (κ2) is 6.63. The van der Waals surface area contributed by atoms with Crippen LogP contribution in [0.1, 0.15) is 29.2 Å². The summed E-state index contributed by atoms with van der Waals surface area (Å²) in [6.45, 7) is 4.82. The van der Waals surface area contributed by atoms with Crippen molar-refractivity contribution in [2.24, 2.45) is 0 Å². The molecule has 0 bridgehead atoms. The zero-order valence-electron chi connectivity index (χ0n) is 15.1. The van der Waals surface area contributed by atoms with Crippen LogP contribution in [0.2, 0.25) is 0 Å². The number of nitrogens with zero attached hydrogens (tertiary/aromatic N) is 3. The Hall–Kier alpha value is -2.57. The van der Waals surface area contributed by atoms with Crippen LogP contribution in [-0.4, -0.2) is 21.4 Å². The highest BCUT2D eigenvalue weighted by atomic mass is 32.1. The third-order valence-electron chi connectivity index (χ3n) is 4.74. The number of quaternary nitrogens is 1. The lowest BCUT2D eigenvalue weighted by molar-refractivity contribution is -0.924. The van der Waals surface area contributed by atoms with Gasteiger partial charge in [-0.1, -0.05) is 18.2 Å². The van der Waals surface area contributed by atoms with Gasteiger partial charge in [-0.25, -0.2) is 9.97 Å². The standard InChI is InChI=1S/C20H20N4OS/c1-13-8-9-18-21-15(10-19(25)24(18)11-13)12-23(3)14(2)20-22-16-6-4-5-7-17(16)26-20/h4-11,14H,12H2,1-3H3/p+1/t14-/m1/s1. The predicted molar refractivity (Wildman–Crippen MR) is 105 cm³/mol. The second-order valence-corrected chi connectivity index (χ2v) is 7.85. The first-order chi connectivity index (χ1) is 12.5. The van der Waals surface area contributed by atoms with Crippen LogP contribution in [-0.2, 0) is 6.54 Å². The number of para-hydroxylation sites is 1. The minimum Gasteiger partial charge on any atom is -0.324 e. The van der Waals surface area contributed by atoms with Gasteiger partial charge >= 0.3 is 0 Å². The van der Waals surface area contributed by atoms with Crippen molar-refractivity contribution in [2.45, 2.75) is 26.4 Å². The zero-order chi connectivity index (χ0) is 18.3. The number of thiazole rings is 1. The van der Waals surface area contributed by atoms with Crippen LogP contribution < -0.4 is 10.5 Å². The zero-order valence-corrected chi connectivity index (χ0v) is 15.9. The molecule has 0 aliphatic heterocycles. The van der Waals surface area contributed by atoms with Crippen molar-refractivity contribution in [3.63, 3.8) is 0 Å². The molecule has 5 nitrogen and oxygen atoms in total. The number of aromatic nitrogens is 3. The van der Waals surface area contributed by atoms with Gasteiger partial charge in [0.25, 0.3) is 5.56 Å². The summed E-state index contributed by atoms with van der Waals surface area (Å²) >= 11 is 1.73. The lowest BCUT2D eigenvalue weighted by Gasteiger charge is -2.19. The van der Waals surface area contributed by atoms with Gasteiger partial charge in [-0.15, -0.1) is 11.3 Å². The predicted octanol–water partition coefficient (Wildman–Crippen LogP) is 2.39. The Balaban J connectivity index is 1.60. The van der Waals surface area contributed by atoms with E-state index in [4.69, 9.17) is 4.98 Å². The van der Waals surface area contributed by atoms with E-state index in [0.717, 1.165) is 21.8 Å². The summed E-state index contributed by atoms with van der Waals surface area (Å²) < 4.78 is 2.81. The Morgan fingerprint density at radius 2 is 2.00 bits per heavy atom. The molecule has 0 aliphatic carbocycles. The van der Waals surface area contributed by atoms with Crippen LogP contribution >= 0.6 is 11.3 Å². The Kier molecular flexibility index (Phi) is 4.30. The molecule has 1 aromatic carbocycles. The maximum Gasteiger partial charge on any atom is 0.258 e. The Morgan fingerprint density at radius 1 is 1.19 bits per heavy atom. The Morgan fingerprint density at radius 3 is 2.81 bits per heavy atom. The summed E-state index contributed by atoms with van der Waals surface area (Å²) in [4.78, 5) is 23.1. The van der Waals surface area contributed by atoms with Crippen LogP contribution in [0.4, 0.5) is 0 Å². The number of pyridine rings is 1. The fourth-order valence-electron chi connectivity index (χ4n) is 3.07. The first kappa shape index (κ1) is 16.9. The number of benzene rings is 1. The molecule has 2 atom stereocenters. The summed E-state index contributed by atoms with van der Waals surface area (Å²) in [5.74, 6) is 0. The maximum atomic E-state index is 12.4. The largest absolute Gasteiger partial charge is 0.324 e. The Bertz CT molecular complexity index is 1110. The second-order valence-electron chi connectivity index (χ2n) is 6.79. The van der Waals surface area contributed by atoms with Gasteiger partial charge in [-0.3, -0.25) is 9.20 Å². The summed E-state index contributed by atoms with van der Waals surface area (Å²) in [5.41, 5.74) is 3.56. The molecule has 1 N–H and O–H groups in total. The minimum absolute atomic E-state index is 0.0332. The highest BCUT2D eigenvalue weighted by Gasteiger charge is 2.20. The highest BCUT2D eigenvalue weighted by Crippen LogP contribution is 2.24. The van der Waals surface area contributed by atoms with Crippen LogP contribution in [0.25, 0.3) is 15.9 Å². The number of rotatable bonds is 4. The molecule has 4 aromatic rings. The van der Waals surface area contributed by atoms with E-state index < -0.39 is 0 Å². The van der Waals surface area contributed by atoms with Crippen molar-refractivity contribution in [1.82, 2.24) is 14.4 Å². The molecule has 132 valence electrons. The fourth-order valence-corrected chi connectivity index (χ4v) is 4.19. The van der Waals surface area contributed by atoms with Crippen molar-refractivity contribution in [2.75, 3.05) is 7.05 Å². The van der Waals surface area contributed by atoms with E-state index in [9.17, 15) is 4.79 Å². The molecule has 0 fully saturated rings. The summed E-state index contributed by atoms with van der Waals surface area (Å²) in [5, 5.41) is 1.11. The molecule has 6 heteroatoms. The number of nitrogens with one attached hydrogen (secondary N) is 1. The van der Waals surface area contributed by atoms with Gasteiger partial charge in [0.2, 0.25) is 0 Å². The number of fused-ring (bicyclic) bond motifs is 2. The molecular formula is C20H21N4OS+. The summed E-state index contributed by atoms with van der Waals surface area (Å²) in [7, 11) is 2.12. The molecule has 0 amide bonds. The average molecular weight is 365 g/mol. The molecule has 0 saturated carbocycles. The lowest BCUT2D eigenvalue weighted by atomic mass is 10.2. The number of aryl methyl sites for hydroxylation is 1. The molecular weight excluding hydrogens is 344 g/mol. The molecule has 0 radical (unpaired) electrons. The molecule has 3 heterocycles. The third kappa shape index (κ3) is 3.13. The smallest absolute Gasteiger partial charge is 0.258 e. The summed E-state index contributed by atoms with van der Waals surface area (Å²) in [6, 6.07) is 13.9. The van der Waals surface area contributed by atoms with Gasteiger partial charge in [0, 0.05) is 12.3 Å². The van der Waals surface area contributed by atoms with Crippen LogP contribution in [0, 0.1) is 6.92 Å². The normalized spacial score (nSPS) is 14.0. The SMILES string of the molecule is Cc1ccc2nc(C[NH+](C)[C@H](C)c3nc4ccccc4s3)cc(=O)n2c1. The van der Waals surface area contributed by atoms with Gasteiger partial charge in [-0.2, -0.15) is 0 Å². The molecule has 3 aromatic heterocycles. The first-order valence-electron chi connectivity index (χ1n) is 8.68. The van der Waals surface area contributed by atoms with Crippen molar-refractivity contribution < 1.29 is 4.90 Å². The van der Waals surface area contributed by atoms with E-state index in [1.807, 2.05) is 43.5 Å². The molecule has 0 spiro atoms. The monoisotopic (exact) mass is 365 g/mol. The van der Waals surface area contributed by atoms with Crippen LogP contribution in [0.5, 0.6) is 0 Å². The van der Waals surface area contributed by atoms with Crippen molar-refractivity contribution in [3.8, 4) is 0 Å². The third-order valence-corrected chi connectivity index (χ3v) is 5.96. The highest BCUT2D eigenvalue weighted by molar-refractivity contribution is 7.18. The maximum absolute atomic E-state index is 12.4. The van der Waals surface area contributed by atoms with E-state index in [2.05, 4.69) is 25.0 Å². The van der Waals surface area contributed by atoms with E-state index in [1.165, 1.54) is 9.60 Å². The molecule has 26 heavy (non-hydrogen) atoms. The van der Waals surface area contributed by atoms with Gasteiger partial charge < -0.3 is 4.90 Å². The summed E-state index contributed by atoms with van der Waals surface area (Å²) in [6.07, 6.45) is 1.83. The van der Waals surface area contributed by atoms with Gasteiger partial charge in [-0.05, 0) is 37.6 Å². The Labute approximate surface area is 155 Å². The van der Waals surface area contributed by atoms with E-state index in [1.54, 1.807) is 21.8 Å². The van der Waals surface area contributed by atoms with Gasteiger partial charge in [0.15, 0.2) is 5.01 Å². The van der Waals surface area contributed by atoms with Gasteiger partial charge in [0.1, 0.15) is 23.9 Å². The minimum atomic E-state index is -0.0332. The quantitative estimate of drug-likeness (QED) is 0.604. The fraction of sp³-hybridized carbons (Fsp3) is 0.250. The van der Waals surface area contributed by atoms with Crippen LogP contribution in [0.15, 0.2) is 53.5 Å². The van der Waals surface area contributed by atoms with Crippen molar-refractivity contribution in [1.29, 1.82) is 0 Å². The van der Waals surface area contributed by atoms with Crippen LogP contribution in [0.3, 0.4) is 0 Å². The molecule has 0 aliphatic rings. The molecule has 0 saturated heterocycles. The molecule has 4 rings (SSSR count). The number of hydrogen-bond acceptors (Lipinski definition) is 4. The molecule has 1 unspecified atom stereocenters. The first-order valence-corrected chi connectivity index (χ1v) is 9.49.